The Morgan fingerprint density at radius 3 is 2.78 bits per heavy atom. The molecule has 1 amide bonds. The number of amides is 1. The second-order valence-corrected chi connectivity index (χ2v) is 8.14. The average molecular weight is 404 g/mol. The number of aromatic nitrogens is 2. The number of fused-ring (bicyclic) bond motifs is 1. The average Bonchev–Trinajstić information content (AvgIpc) is 2.96. The number of carbonyl (C=O) groups excluding carboxylic acids is 1. The molecule has 0 unspecified atom stereocenters. The minimum absolute atomic E-state index is 0.0856. The lowest BCUT2D eigenvalue weighted by Crippen LogP contribution is -2.13. The molecule has 0 atom stereocenters. The fourth-order valence-electron chi connectivity index (χ4n) is 2.62. The summed E-state index contributed by atoms with van der Waals surface area (Å²) in [6, 6.07) is 5.30. The number of hydrogen-bond acceptors (Lipinski definition) is 7. The molecule has 2 heterocycles. The molecule has 6 nitrogen and oxygen atoms in total. The van der Waals surface area contributed by atoms with Crippen LogP contribution in [0.2, 0.25) is 0 Å². The van der Waals surface area contributed by atoms with Gasteiger partial charge in [0.2, 0.25) is 5.91 Å². The van der Waals surface area contributed by atoms with Crippen LogP contribution in [0, 0.1) is 13.8 Å². The van der Waals surface area contributed by atoms with Crippen LogP contribution < -0.4 is 14.8 Å². The van der Waals surface area contributed by atoms with Crippen molar-refractivity contribution in [3.63, 3.8) is 0 Å². The van der Waals surface area contributed by atoms with Crippen molar-refractivity contribution >= 4 is 44.9 Å². The molecule has 3 aromatic rings. The highest BCUT2D eigenvalue weighted by Crippen LogP contribution is 2.34. The summed E-state index contributed by atoms with van der Waals surface area (Å²) in [5.74, 6) is 1.79. The molecule has 1 aromatic carbocycles. The van der Waals surface area contributed by atoms with Crippen LogP contribution >= 0.6 is 23.1 Å². The fourth-order valence-corrected chi connectivity index (χ4v) is 4.68. The van der Waals surface area contributed by atoms with Gasteiger partial charge in [-0.1, -0.05) is 0 Å². The van der Waals surface area contributed by atoms with Gasteiger partial charge in [-0.3, -0.25) is 4.79 Å². The fraction of sp³-hybridized carbons (Fsp3) is 0.316. The molecule has 1 N–H and O–H groups in total. The van der Waals surface area contributed by atoms with Gasteiger partial charge in [-0.2, -0.15) is 0 Å². The first kappa shape index (κ1) is 19.4. The highest BCUT2D eigenvalue weighted by Gasteiger charge is 2.14. The largest absolute Gasteiger partial charge is 0.497 e. The summed E-state index contributed by atoms with van der Waals surface area (Å²) in [4.78, 5) is 23.3. The van der Waals surface area contributed by atoms with Crippen LogP contribution in [0.1, 0.15) is 16.9 Å². The molecule has 0 aliphatic heterocycles. The molecular formula is C19H21N3O3S2. The first-order valence-corrected chi connectivity index (χ1v) is 10.2. The number of aryl methyl sites for hydroxylation is 2. The van der Waals surface area contributed by atoms with Crippen LogP contribution in [-0.4, -0.2) is 35.8 Å². The predicted molar refractivity (Wildman–Crippen MR) is 110 cm³/mol. The van der Waals surface area contributed by atoms with Crippen molar-refractivity contribution in [1.82, 2.24) is 9.97 Å². The van der Waals surface area contributed by atoms with Gasteiger partial charge < -0.3 is 14.8 Å². The van der Waals surface area contributed by atoms with Crippen molar-refractivity contribution in [3.05, 3.63) is 35.0 Å². The molecule has 0 saturated heterocycles. The molecule has 0 aliphatic rings. The molecule has 142 valence electrons. The van der Waals surface area contributed by atoms with E-state index in [0.717, 1.165) is 15.2 Å². The van der Waals surface area contributed by atoms with E-state index >= 15 is 0 Å². The Balaban J connectivity index is 1.64. The zero-order valence-electron chi connectivity index (χ0n) is 15.7. The molecule has 0 saturated carbocycles. The van der Waals surface area contributed by atoms with E-state index in [1.54, 1.807) is 61.8 Å². The van der Waals surface area contributed by atoms with Crippen molar-refractivity contribution in [2.45, 2.75) is 25.3 Å². The number of anilines is 1. The predicted octanol–water partition coefficient (Wildman–Crippen LogP) is 4.45. The van der Waals surface area contributed by atoms with Crippen LogP contribution in [0.15, 0.2) is 29.6 Å². The van der Waals surface area contributed by atoms with E-state index in [0.29, 0.717) is 29.4 Å². The molecule has 0 aliphatic carbocycles. The van der Waals surface area contributed by atoms with E-state index in [9.17, 15) is 4.79 Å². The minimum atomic E-state index is -0.0856. The summed E-state index contributed by atoms with van der Waals surface area (Å²) in [7, 11) is 3.15. The van der Waals surface area contributed by atoms with Crippen molar-refractivity contribution < 1.29 is 14.3 Å². The number of hydrogen-bond donors (Lipinski definition) is 1. The maximum atomic E-state index is 12.4. The number of carbonyl (C=O) groups is 1. The van der Waals surface area contributed by atoms with Crippen LogP contribution in [-0.2, 0) is 4.79 Å². The maximum Gasteiger partial charge on any atom is 0.225 e. The van der Waals surface area contributed by atoms with E-state index in [2.05, 4.69) is 29.1 Å². The summed E-state index contributed by atoms with van der Waals surface area (Å²) in [5.41, 5.74) is 1.81. The zero-order valence-corrected chi connectivity index (χ0v) is 17.3. The number of nitrogens with one attached hydrogen (secondary N) is 1. The van der Waals surface area contributed by atoms with E-state index < -0.39 is 0 Å². The first-order chi connectivity index (χ1) is 13.0. The first-order valence-electron chi connectivity index (χ1n) is 8.39. The van der Waals surface area contributed by atoms with E-state index in [1.165, 1.54) is 10.4 Å². The topological polar surface area (TPSA) is 73.3 Å². The van der Waals surface area contributed by atoms with Gasteiger partial charge in [-0.25, -0.2) is 9.97 Å². The third kappa shape index (κ3) is 4.33. The number of ether oxygens (including phenoxy) is 2. The molecule has 27 heavy (non-hydrogen) atoms. The molecular weight excluding hydrogens is 382 g/mol. The van der Waals surface area contributed by atoms with Gasteiger partial charge in [0.05, 0.1) is 19.9 Å². The van der Waals surface area contributed by atoms with Crippen LogP contribution in [0.3, 0.4) is 0 Å². The second kappa shape index (κ2) is 8.58. The highest BCUT2D eigenvalue weighted by atomic mass is 32.2. The van der Waals surface area contributed by atoms with E-state index in [4.69, 9.17) is 9.47 Å². The number of rotatable bonds is 7. The van der Waals surface area contributed by atoms with Gasteiger partial charge >= 0.3 is 0 Å². The standard InChI is InChI=1S/C19H21N3O3S2/c1-11-12(2)27-19-17(11)18(20-10-21-19)26-8-7-16(23)22-14-9-13(24-3)5-6-15(14)25-4/h5-6,9-10H,7-8H2,1-4H3,(H,22,23). The van der Waals surface area contributed by atoms with Crippen molar-refractivity contribution in [3.8, 4) is 11.5 Å². The molecule has 0 bridgehead atoms. The number of thiophene rings is 1. The summed E-state index contributed by atoms with van der Waals surface area (Å²) < 4.78 is 10.5. The molecule has 0 spiro atoms. The maximum absolute atomic E-state index is 12.4. The molecule has 0 radical (unpaired) electrons. The van der Waals surface area contributed by atoms with Gasteiger partial charge in [0.1, 0.15) is 27.7 Å². The smallest absolute Gasteiger partial charge is 0.225 e. The monoisotopic (exact) mass is 403 g/mol. The summed E-state index contributed by atoms with van der Waals surface area (Å²) >= 11 is 3.25. The van der Waals surface area contributed by atoms with E-state index in [-0.39, 0.29) is 5.91 Å². The number of nitrogens with zero attached hydrogens (tertiary/aromatic N) is 2. The van der Waals surface area contributed by atoms with E-state index in [1.807, 2.05) is 0 Å². The Morgan fingerprint density at radius 1 is 1.22 bits per heavy atom. The van der Waals surface area contributed by atoms with Crippen LogP contribution in [0.4, 0.5) is 5.69 Å². The van der Waals surface area contributed by atoms with Gasteiger partial charge in [0.25, 0.3) is 0 Å². The second-order valence-electron chi connectivity index (χ2n) is 5.86. The Kier molecular flexibility index (Phi) is 6.18. The van der Waals surface area contributed by atoms with Gasteiger partial charge in [0.15, 0.2) is 0 Å². The lowest BCUT2D eigenvalue weighted by molar-refractivity contribution is -0.115. The summed E-state index contributed by atoms with van der Waals surface area (Å²) in [6.07, 6.45) is 1.94. The van der Waals surface area contributed by atoms with Gasteiger partial charge in [-0.15, -0.1) is 23.1 Å². The van der Waals surface area contributed by atoms with Crippen molar-refractivity contribution in [2.75, 3.05) is 25.3 Å². The Bertz CT molecular complexity index is 972. The quantitative estimate of drug-likeness (QED) is 0.464. The summed E-state index contributed by atoms with van der Waals surface area (Å²) in [6.45, 7) is 4.18. The third-order valence-electron chi connectivity index (χ3n) is 4.18. The minimum Gasteiger partial charge on any atom is -0.497 e. The Labute approximate surface area is 166 Å². The zero-order chi connectivity index (χ0) is 19.4. The highest BCUT2D eigenvalue weighted by molar-refractivity contribution is 7.99. The Hall–Kier alpha value is -2.32. The van der Waals surface area contributed by atoms with Gasteiger partial charge in [0, 0.05) is 28.5 Å². The molecule has 2 aromatic heterocycles. The normalized spacial score (nSPS) is 10.8. The lowest BCUT2D eigenvalue weighted by atomic mass is 10.2. The number of benzene rings is 1. The number of thioether (sulfide) groups is 1. The number of methoxy groups -OCH3 is 2. The summed E-state index contributed by atoms with van der Waals surface area (Å²) in [5, 5.41) is 4.91. The van der Waals surface area contributed by atoms with Gasteiger partial charge in [-0.05, 0) is 31.5 Å². The van der Waals surface area contributed by atoms with Crippen molar-refractivity contribution in [2.24, 2.45) is 0 Å². The van der Waals surface area contributed by atoms with Crippen molar-refractivity contribution in [1.29, 1.82) is 0 Å². The lowest BCUT2D eigenvalue weighted by Gasteiger charge is -2.11. The molecule has 8 heteroatoms. The van der Waals surface area contributed by atoms with Crippen LogP contribution in [0.5, 0.6) is 11.5 Å². The van der Waals surface area contributed by atoms with Crippen LogP contribution in [0.25, 0.3) is 10.2 Å². The Morgan fingerprint density at radius 2 is 2.04 bits per heavy atom. The third-order valence-corrected chi connectivity index (χ3v) is 6.29. The molecule has 0 fully saturated rings. The SMILES string of the molecule is COc1ccc(OC)c(NC(=O)CCSc2ncnc3sc(C)c(C)c23)c1. The molecule has 3 rings (SSSR count).